The molecule has 1 N–H and O–H groups in total. The quantitative estimate of drug-likeness (QED) is 0.778. The second-order valence-corrected chi connectivity index (χ2v) is 3.92. The molecule has 2 nitrogen and oxygen atoms in total. The van der Waals surface area contributed by atoms with Crippen LogP contribution in [0.15, 0.2) is 28.7 Å². The SMILES string of the molecule is Clc1ccc(CNC2C=CCCC2)o1. The number of nitrogens with one attached hydrogen (secondary N) is 1. The average molecular weight is 212 g/mol. The van der Waals surface area contributed by atoms with Crippen LogP contribution in [0.5, 0.6) is 0 Å². The summed E-state index contributed by atoms with van der Waals surface area (Å²) in [5.74, 6) is 0.897. The average Bonchev–Trinajstić information content (AvgIpc) is 2.63. The van der Waals surface area contributed by atoms with Crippen LogP contribution >= 0.6 is 11.6 Å². The normalized spacial score (nSPS) is 21.4. The predicted octanol–water partition coefficient (Wildman–Crippen LogP) is 3.13. The first-order valence-electron chi connectivity index (χ1n) is 4.99. The number of hydrogen-bond acceptors (Lipinski definition) is 2. The van der Waals surface area contributed by atoms with E-state index in [4.69, 9.17) is 16.0 Å². The minimum Gasteiger partial charge on any atom is -0.448 e. The van der Waals surface area contributed by atoms with Gasteiger partial charge in [-0.15, -0.1) is 0 Å². The van der Waals surface area contributed by atoms with E-state index in [1.54, 1.807) is 6.07 Å². The highest BCUT2D eigenvalue weighted by molar-refractivity contribution is 6.28. The number of rotatable bonds is 3. The van der Waals surface area contributed by atoms with Crippen LogP contribution in [0.4, 0.5) is 0 Å². The molecule has 1 aliphatic rings. The minimum absolute atomic E-state index is 0.459. The Labute approximate surface area is 88.9 Å². The Morgan fingerprint density at radius 1 is 1.50 bits per heavy atom. The summed E-state index contributed by atoms with van der Waals surface area (Å²) in [6.45, 7) is 0.752. The zero-order valence-corrected chi connectivity index (χ0v) is 8.76. The van der Waals surface area contributed by atoms with Gasteiger partial charge in [0.05, 0.1) is 6.54 Å². The van der Waals surface area contributed by atoms with E-state index < -0.39 is 0 Å². The fourth-order valence-electron chi connectivity index (χ4n) is 1.66. The lowest BCUT2D eigenvalue weighted by atomic mass is 10.0. The maximum absolute atomic E-state index is 5.67. The highest BCUT2D eigenvalue weighted by Gasteiger charge is 2.08. The topological polar surface area (TPSA) is 25.2 Å². The van der Waals surface area contributed by atoms with Gasteiger partial charge >= 0.3 is 0 Å². The smallest absolute Gasteiger partial charge is 0.193 e. The maximum atomic E-state index is 5.67. The van der Waals surface area contributed by atoms with E-state index in [2.05, 4.69) is 17.5 Å². The third kappa shape index (κ3) is 2.63. The summed E-state index contributed by atoms with van der Waals surface area (Å²) in [6, 6.07) is 4.17. The van der Waals surface area contributed by atoms with Crippen molar-refractivity contribution in [2.75, 3.05) is 0 Å². The van der Waals surface area contributed by atoms with Crippen molar-refractivity contribution in [3.8, 4) is 0 Å². The molecule has 1 atom stereocenters. The number of allylic oxidation sites excluding steroid dienone is 1. The van der Waals surface area contributed by atoms with Gasteiger partial charge in [-0.1, -0.05) is 12.2 Å². The van der Waals surface area contributed by atoms with Gasteiger partial charge in [0, 0.05) is 6.04 Å². The molecule has 0 aromatic carbocycles. The lowest BCUT2D eigenvalue weighted by Gasteiger charge is -2.16. The lowest BCUT2D eigenvalue weighted by molar-refractivity contribution is 0.451. The first kappa shape index (κ1) is 9.81. The van der Waals surface area contributed by atoms with Crippen LogP contribution in [0.1, 0.15) is 25.0 Å². The summed E-state index contributed by atoms with van der Waals surface area (Å²) >= 11 is 5.67. The monoisotopic (exact) mass is 211 g/mol. The molecule has 1 aromatic rings. The van der Waals surface area contributed by atoms with Crippen LogP contribution in [0, 0.1) is 0 Å². The van der Waals surface area contributed by atoms with Gasteiger partial charge < -0.3 is 9.73 Å². The van der Waals surface area contributed by atoms with Gasteiger partial charge in [0.25, 0.3) is 0 Å². The fraction of sp³-hybridized carbons (Fsp3) is 0.455. The summed E-state index contributed by atoms with van der Waals surface area (Å²) in [4.78, 5) is 0. The van der Waals surface area contributed by atoms with E-state index in [-0.39, 0.29) is 0 Å². The third-order valence-electron chi connectivity index (χ3n) is 2.42. The summed E-state index contributed by atoms with van der Waals surface area (Å²) in [5, 5.41) is 3.87. The van der Waals surface area contributed by atoms with E-state index in [1.807, 2.05) is 6.07 Å². The Kier molecular flexibility index (Phi) is 3.27. The third-order valence-corrected chi connectivity index (χ3v) is 2.62. The molecule has 1 aliphatic carbocycles. The molecule has 1 unspecified atom stereocenters. The van der Waals surface area contributed by atoms with Gasteiger partial charge in [0.15, 0.2) is 5.22 Å². The van der Waals surface area contributed by atoms with Crippen LogP contribution < -0.4 is 5.32 Å². The van der Waals surface area contributed by atoms with Gasteiger partial charge in [0.2, 0.25) is 0 Å². The molecule has 0 fully saturated rings. The Balaban J connectivity index is 1.82. The Morgan fingerprint density at radius 2 is 2.43 bits per heavy atom. The van der Waals surface area contributed by atoms with Gasteiger partial charge in [-0.05, 0) is 43.0 Å². The molecule has 0 amide bonds. The van der Waals surface area contributed by atoms with E-state index >= 15 is 0 Å². The molecule has 0 saturated heterocycles. The van der Waals surface area contributed by atoms with Gasteiger partial charge in [0.1, 0.15) is 5.76 Å². The molecule has 76 valence electrons. The Hall–Kier alpha value is -0.730. The van der Waals surface area contributed by atoms with Crippen LogP contribution in [0.2, 0.25) is 5.22 Å². The summed E-state index contributed by atoms with van der Waals surface area (Å²) in [5.41, 5.74) is 0. The summed E-state index contributed by atoms with van der Waals surface area (Å²) in [6.07, 6.45) is 8.16. The Bertz CT molecular complexity index is 319. The molecule has 1 heterocycles. The number of hydrogen-bond donors (Lipinski definition) is 1. The number of furan rings is 1. The van der Waals surface area contributed by atoms with Crippen molar-refractivity contribution in [3.05, 3.63) is 35.3 Å². The van der Waals surface area contributed by atoms with Crippen molar-refractivity contribution in [1.29, 1.82) is 0 Å². The van der Waals surface area contributed by atoms with Crippen LogP contribution in [0.25, 0.3) is 0 Å². The van der Waals surface area contributed by atoms with Crippen LogP contribution in [-0.4, -0.2) is 6.04 Å². The molecule has 0 saturated carbocycles. The molecule has 0 spiro atoms. The first-order chi connectivity index (χ1) is 6.84. The molecule has 3 heteroatoms. The van der Waals surface area contributed by atoms with Gasteiger partial charge in [-0.3, -0.25) is 0 Å². The van der Waals surface area contributed by atoms with Gasteiger partial charge in [-0.2, -0.15) is 0 Å². The van der Waals surface area contributed by atoms with Crippen molar-refractivity contribution in [2.24, 2.45) is 0 Å². The van der Waals surface area contributed by atoms with Crippen molar-refractivity contribution < 1.29 is 4.42 Å². The van der Waals surface area contributed by atoms with Crippen LogP contribution in [0.3, 0.4) is 0 Å². The fourth-order valence-corrected chi connectivity index (χ4v) is 1.82. The molecular weight excluding hydrogens is 198 g/mol. The molecule has 2 rings (SSSR count). The summed E-state index contributed by atoms with van der Waals surface area (Å²) < 4.78 is 5.25. The minimum atomic E-state index is 0.459. The van der Waals surface area contributed by atoms with Crippen molar-refractivity contribution in [2.45, 2.75) is 31.8 Å². The maximum Gasteiger partial charge on any atom is 0.193 e. The lowest BCUT2D eigenvalue weighted by Crippen LogP contribution is -2.27. The van der Waals surface area contributed by atoms with E-state index in [1.165, 1.54) is 19.3 Å². The van der Waals surface area contributed by atoms with Crippen LogP contribution in [-0.2, 0) is 6.54 Å². The van der Waals surface area contributed by atoms with Gasteiger partial charge in [-0.25, -0.2) is 0 Å². The molecular formula is C11H14ClNO. The van der Waals surface area contributed by atoms with Crippen molar-refractivity contribution in [3.63, 3.8) is 0 Å². The standard InChI is InChI=1S/C11H14ClNO/c12-11-7-6-10(14-11)8-13-9-4-2-1-3-5-9/h2,4,6-7,9,13H,1,3,5,8H2. The molecule has 0 radical (unpaired) electrons. The second-order valence-electron chi connectivity index (χ2n) is 3.55. The molecule has 1 aromatic heterocycles. The first-order valence-corrected chi connectivity index (χ1v) is 5.36. The molecule has 14 heavy (non-hydrogen) atoms. The molecule has 0 aliphatic heterocycles. The zero-order valence-electron chi connectivity index (χ0n) is 8.00. The highest BCUT2D eigenvalue weighted by atomic mass is 35.5. The second kappa shape index (κ2) is 4.67. The zero-order chi connectivity index (χ0) is 9.80. The Morgan fingerprint density at radius 3 is 3.07 bits per heavy atom. The van der Waals surface area contributed by atoms with E-state index in [0.29, 0.717) is 11.3 Å². The number of halogens is 1. The van der Waals surface area contributed by atoms with E-state index in [9.17, 15) is 0 Å². The highest BCUT2D eigenvalue weighted by Crippen LogP contribution is 2.14. The molecule has 0 bridgehead atoms. The van der Waals surface area contributed by atoms with Crippen molar-refractivity contribution in [1.82, 2.24) is 5.32 Å². The van der Waals surface area contributed by atoms with Crippen molar-refractivity contribution >= 4 is 11.6 Å². The largest absolute Gasteiger partial charge is 0.448 e. The van der Waals surface area contributed by atoms with E-state index in [0.717, 1.165) is 12.3 Å². The predicted molar refractivity (Wildman–Crippen MR) is 57.3 cm³/mol. The summed E-state index contributed by atoms with van der Waals surface area (Å²) in [7, 11) is 0.